The first-order valence-corrected chi connectivity index (χ1v) is 8.01. The minimum Gasteiger partial charge on any atom is -0.308 e. The summed E-state index contributed by atoms with van der Waals surface area (Å²) in [6.07, 6.45) is 0. The van der Waals surface area contributed by atoms with E-state index in [2.05, 4.69) is 17.4 Å². The van der Waals surface area contributed by atoms with E-state index in [0.717, 1.165) is 6.54 Å². The van der Waals surface area contributed by atoms with Crippen LogP contribution in [0.4, 0.5) is 0 Å². The van der Waals surface area contributed by atoms with Gasteiger partial charge in [0, 0.05) is 31.6 Å². The second kappa shape index (κ2) is 5.40. The summed E-state index contributed by atoms with van der Waals surface area (Å²) >= 11 is 0. The van der Waals surface area contributed by atoms with Crippen molar-refractivity contribution in [2.24, 2.45) is 0 Å². The molecule has 2 heterocycles. The van der Waals surface area contributed by atoms with Crippen molar-refractivity contribution >= 4 is 22.4 Å². The molecule has 1 aromatic carbocycles. The summed E-state index contributed by atoms with van der Waals surface area (Å²) in [6.45, 7) is 3.77. The summed E-state index contributed by atoms with van der Waals surface area (Å²) in [4.78, 5) is 0. The zero-order valence-corrected chi connectivity index (χ0v) is 12.5. The monoisotopic (exact) mass is 302 g/mol. The summed E-state index contributed by atoms with van der Waals surface area (Å²) in [5, 5.41) is 3.46. The van der Waals surface area contributed by atoms with Crippen LogP contribution in [0.1, 0.15) is 24.0 Å². The molecular weight excluding hydrogens is 284 g/mol. The quantitative estimate of drug-likeness (QED) is 0.897. The average molecular weight is 303 g/mol. The number of benzene rings is 1. The summed E-state index contributed by atoms with van der Waals surface area (Å²) in [6, 6.07) is 8.60. The van der Waals surface area contributed by atoms with Crippen molar-refractivity contribution < 1.29 is 8.42 Å². The molecule has 2 aliphatic rings. The molecule has 1 N–H and O–H groups in total. The molecule has 0 amide bonds. The van der Waals surface area contributed by atoms with Gasteiger partial charge in [0.2, 0.25) is 10.0 Å². The van der Waals surface area contributed by atoms with Crippen molar-refractivity contribution in [3.8, 4) is 0 Å². The van der Waals surface area contributed by atoms with E-state index in [4.69, 9.17) is 0 Å². The molecule has 19 heavy (non-hydrogen) atoms. The zero-order chi connectivity index (χ0) is 12.8. The molecule has 0 radical (unpaired) electrons. The predicted octanol–water partition coefficient (Wildman–Crippen LogP) is 1.33. The minimum atomic E-state index is -3.07. The van der Waals surface area contributed by atoms with Crippen LogP contribution < -0.4 is 5.32 Å². The van der Waals surface area contributed by atoms with E-state index in [1.54, 1.807) is 11.2 Å². The number of sulfonamides is 1. The van der Waals surface area contributed by atoms with Crippen LogP contribution in [-0.4, -0.2) is 37.6 Å². The minimum absolute atomic E-state index is 0. The standard InChI is InChI=1S/C13H18N2O2S.ClH/c1-2-18(16,17)15-8-12-11-6-4-3-5-10(11)7-14-13(12)9-15;/h3-6,12-14H,2,7-9H2,1H3;1H/t12-,13+;/m0./s1. The average Bonchev–Trinajstić information content (AvgIpc) is 2.84. The van der Waals surface area contributed by atoms with Gasteiger partial charge in [0.1, 0.15) is 0 Å². The molecule has 0 aromatic heterocycles. The van der Waals surface area contributed by atoms with Crippen molar-refractivity contribution in [3.63, 3.8) is 0 Å². The van der Waals surface area contributed by atoms with Crippen molar-refractivity contribution in [2.45, 2.75) is 25.4 Å². The second-order valence-electron chi connectivity index (χ2n) is 5.01. The zero-order valence-electron chi connectivity index (χ0n) is 10.9. The predicted molar refractivity (Wildman–Crippen MR) is 78.1 cm³/mol. The van der Waals surface area contributed by atoms with Gasteiger partial charge in [-0.15, -0.1) is 12.4 Å². The van der Waals surface area contributed by atoms with E-state index >= 15 is 0 Å². The van der Waals surface area contributed by atoms with E-state index in [9.17, 15) is 8.42 Å². The highest BCUT2D eigenvalue weighted by Crippen LogP contribution is 2.34. The van der Waals surface area contributed by atoms with Gasteiger partial charge in [-0.05, 0) is 18.1 Å². The summed E-state index contributed by atoms with van der Waals surface area (Å²) < 4.78 is 25.5. The van der Waals surface area contributed by atoms with Gasteiger partial charge in [-0.3, -0.25) is 0 Å². The van der Waals surface area contributed by atoms with E-state index in [0.29, 0.717) is 19.0 Å². The fourth-order valence-electron chi connectivity index (χ4n) is 3.00. The Balaban J connectivity index is 0.00000133. The Kier molecular flexibility index (Phi) is 4.20. The van der Waals surface area contributed by atoms with Gasteiger partial charge in [-0.1, -0.05) is 24.3 Å². The lowest BCUT2D eigenvalue weighted by Gasteiger charge is -2.28. The Hall–Kier alpha value is -0.620. The Morgan fingerprint density at radius 2 is 2.05 bits per heavy atom. The third-order valence-corrected chi connectivity index (χ3v) is 5.87. The molecule has 0 unspecified atom stereocenters. The number of nitrogens with one attached hydrogen (secondary N) is 1. The molecule has 0 saturated carbocycles. The van der Waals surface area contributed by atoms with Crippen molar-refractivity contribution in [1.29, 1.82) is 0 Å². The first kappa shape index (κ1) is 14.8. The summed E-state index contributed by atoms with van der Waals surface area (Å²) in [7, 11) is -3.07. The number of nitrogens with zero attached hydrogens (tertiary/aromatic N) is 1. The van der Waals surface area contributed by atoms with Gasteiger partial charge in [0.25, 0.3) is 0 Å². The van der Waals surface area contributed by atoms with Crippen LogP contribution in [-0.2, 0) is 16.6 Å². The van der Waals surface area contributed by atoms with Crippen molar-refractivity contribution in [1.82, 2.24) is 9.62 Å². The lowest BCUT2D eigenvalue weighted by molar-refractivity contribution is 0.450. The molecule has 0 spiro atoms. The van der Waals surface area contributed by atoms with Gasteiger partial charge < -0.3 is 5.32 Å². The SMILES string of the molecule is CCS(=O)(=O)N1C[C@H]2NCc3ccccc3[C@@H]2C1.Cl. The van der Waals surface area contributed by atoms with Crippen molar-refractivity contribution in [3.05, 3.63) is 35.4 Å². The largest absolute Gasteiger partial charge is 0.308 e. The third-order valence-electron chi connectivity index (χ3n) is 4.05. The normalized spacial score (nSPS) is 26.4. The molecule has 4 nitrogen and oxygen atoms in total. The number of halogens is 1. The van der Waals surface area contributed by atoms with Crippen LogP contribution in [0.5, 0.6) is 0 Å². The maximum atomic E-state index is 12.0. The van der Waals surface area contributed by atoms with E-state index < -0.39 is 10.0 Å². The highest BCUT2D eigenvalue weighted by Gasteiger charge is 2.41. The Bertz CT molecular complexity index is 562. The molecule has 1 fully saturated rings. The number of hydrogen-bond donors (Lipinski definition) is 1. The van der Waals surface area contributed by atoms with Gasteiger partial charge in [0.05, 0.1) is 5.75 Å². The summed E-state index contributed by atoms with van der Waals surface area (Å²) in [5.74, 6) is 0.491. The molecular formula is C13H19ClN2O2S. The molecule has 3 rings (SSSR count). The Morgan fingerprint density at radius 1 is 1.32 bits per heavy atom. The van der Waals surface area contributed by atoms with Crippen LogP contribution in [0, 0.1) is 0 Å². The van der Waals surface area contributed by atoms with Crippen molar-refractivity contribution in [2.75, 3.05) is 18.8 Å². The van der Waals surface area contributed by atoms with Crippen LogP contribution in [0.25, 0.3) is 0 Å². The molecule has 1 aromatic rings. The smallest absolute Gasteiger partial charge is 0.213 e. The van der Waals surface area contributed by atoms with E-state index in [1.807, 2.05) is 12.1 Å². The van der Waals surface area contributed by atoms with E-state index in [1.165, 1.54) is 11.1 Å². The lowest BCUT2D eigenvalue weighted by atomic mass is 9.87. The number of fused-ring (bicyclic) bond motifs is 3. The molecule has 106 valence electrons. The first-order chi connectivity index (χ1) is 8.62. The van der Waals surface area contributed by atoms with Crippen LogP contribution in [0.2, 0.25) is 0 Å². The molecule has 2 atom stereocenters. The van der Waals surface area contributed by atoms with Gasteiger partial charge in [0.15, 0.2) is 0 Å². The highest BCUT2D eigenvalue weighted by atomic mass is 35.5. The molecule has 1 saturated heterocycles. The molecule has 0 bridgehead atoms. The number of hydrogen-bond acceptors (Lipinski definition) is 3. The fourth-order valence-corrected chi connectivity index (χ4v) is 4.14. The van der Waals surface area contributed by atoms with Gasteiger partial charge >= 0.3 is 0 Å². The molecule has 6 heteroatoms. The van der Waals surface area contributed by atoms with Crippen LogP contribution in [0.15, 0.2) is 24.3 Å². The second-order valence-corrected chi connectivity index (χ2v) is 7.27. The maximum Gasteiger partial charge on any atom is 0.213 e. The third kappa shape index (κ3) is 2.52. The Morgan fingerprint density at radius 3 is 2.79 bits per heavy atom. The van der Waals surface area contributed by atoms with Crippen LogP contribution >= 0.6 is 12.4 Å². The fraction of sp³-hybridized carbons (Fsp3) is 0.538. The number of rotatable bonds is 2. The topological polar surface area (TPSA) is 49.4 Å². The summed E-state index contributed by atoms with van der Waals surface area (Å²) in [5.41, 5.74) is 2.62. The Labute approximate surface area is 120 Å². The van der Waals surface area contributed by atoms with Gasteiger partial charge in [-0.2, -0.15) is 4.31 Å². The lowest BCUT2D eigenvalue weighted by Crippen LogP contribution is -2.39. The molecule has 0 aliphatic carbocycles. The highest BCUT2D eigenvalue weighted by molar-refractivity contribution is 7.89. The van der Waals surface area contributed by atoms with Gasteiger partial charge in [-0.25, -0.2) is 8.42 Å². The molecule has 2 aliphatic heterocycles. The van der Waals surface area contributed by atoms with E-state index in [-0.39, 0.29) is 24.2 Å². The first-order valence-electron chi connectivity index (χ1n) is 6.41. The maximum absolute atomic E-state index is 12.0. The van der Waals surface area contributed by atoms with Crippen LogP contribution in [0.3, 0.4) is 0 Å².